The van der Waals surface area contributed by atoms with Crippen LogP contribution in [0.15, 0.2) is 29.6 Å². The van der Waals surface area contributed by atoms with Crippen LogP contribution < -0.4 is 4.72 Å². The Kier molecular flexibility index (Phi) is 4.71. The molecule has 114 valence electrons. The molecule has 0 fully saturated rings. The van der Waals surface area contributed by atoms with E-state index in [0.29, 0.717) is 6.42 Å². The lowest BCUT2D eigenvalue weighted by atomic mass is 10.1. The van der Waals surface area contributed by atoms with E-state index in [9.17, 15) is 12.8 Å². The molecule has 0 atom stereocenters. The summed E-state index contributed by atoms with van der Waals surface area (Å²) in [4.78, 5) is 6.65. The number of hydrogen-bond acceptors (Lipinski definition) is 4. The summed E-state index contributed by atoms with van der Waals surface area (Å²) in [5, 5.41) is 9.07. The van der Waals surface area contributed by atoms with Gasteiger partial charge in [0, 0.05) is 30.4 Å². The van der Waals surface area contributed by atoms with E-state index in [1.165, 1.54) is 19.3 Å². The summed E-state index contributed by atoms with van der Waals surface area (Å²) in [5.41, 5.74) is 0.948. The van der Waals surface area contributed by atoms with Crippen molar-refractivity contribution < 1.29 is 17.9 Å². The van der Waals surface area contributed by atoms with Gasteiger partial charge in [-0.1, -0.05) is 0 Å². The Morgan fingerprint density at radius 3 is 2.81 bits per heavy atom. The predicted molar refractivity (Wildman–Crippen MR) is 74.5 cm³/mol. The maximum atomic E-state index is 13.6. The highest BCUT2D eigenvalue weighted by molar-refractivity contribution is 7.89. The third-order valence-corrected chi connectivity index (χ3v) is 4.47. The quantitative estimate of drug-likeness (QED) is 0.737. The summed E-state index contributed by atoms with van der Waals surface area (Å²) >= 11 is 0. The fraction of sp³-hybridized carbons (Fsp3) is 0.308. The highest BCUT2D eigenvalue weighted by Gasteiger charge is 2.17. The number of nitrogens with one attached hydrogen (secondary N) is 2. The molecule has 0 amide bonds. The fourth-order valence-corrected chi connectivity index (χ4v) is 3.07. The smallest absolute Gasteiger partial charge is 0.240 e. The molecule has 21 heavy (non-hydrogen) atoms. The summed E-state index contributed by atoms with van der Waals surface area (Å²) in [6.45, 7) is 1.09. The minimum atomic E-state index is -3.75. The summed E-state index contributed by atoms with van der Waals surface area (Å²) in [5.74, 6) is -0.589. The number of aromatic amines is 1. The van der Waals surface area contributed by atoms with Gasteiger partial charge in [0.25, 0.3) is 0 Å². The summed E-state index contributed by atoms with van der Waals surface area (Å²) in [6, 6.07) is 2.38. The van der Waals surface area contributed by atoms with Gasteiger partial charge in [0.1, 0.15) is 5.82 Å². The largest absolute Gasteiger partial charge is 0.392 e. The van der Waals surface area contributed by atoms with Gasteiger partial charge in [-0.2, -0.15) is 0 Å². The first-order chi connectivity index (χ1) is 9.94. The van der Waals surface area contributed by atoms with Crippen LogP contribution in [-0.2, 0) is 23.1 Å². The molecular formula is C13H16FN3O3S. The molecule has 0 radical (unpaired) electrons. The second kappa shape index (κ2) is 6.33. The predicted octanol–water partition coefficient (Wildman–Crippen LogP) is 0.871. The van der Waals surface area contributed by atoms with Crippen molar-refractivity contribution in [2.75, 3.05) is 6.54 Å². The van der Waals surface area contributed by atoms with Crippen LogP contribution in [0.25, 0.3) is 0 Å². The topological polar surface area (TPSA) is 95.1 Å². The molecule has 0 aliphatic rings. The normalized spacial score (nSPS) is 11.8. The number of nitrogens with zero attached hydrogens (tertiary/aromatic N) is 1. The van der Waals surface area contributed by atoms with E-state index in [-0.39, 0.29) is 22.6 Å². The molecule has 0 saturated heterocycles. The van der Waals surface area contributed by atoms with E-state index in [1.54, 1.807) is 6.20 Å². The molecule has 2 aromatic rings. The van der Waals surface area contributed by atoms with Gasteiger partial charge in [0.05, 0.1) is 17.8 Å². The molecular weight excluding hydrogens is 297 g/mol. The number of rotatable bonds is 6. The molecule has 0 bridgehead atoms. The minimum Gasteiger partial charge on any atom is -0.392 e. The molecule has 1 heterocycles. The minimum absolute atomic E-state index is 0.0380. The summed E-state index contributed by atoms with van der Waals surface area (Å²) in [6.07, 6.45) is 3.59. The maximum absolute atomic E-state index is 13.6. The Labute approximate surface area is 122 Å². The van der Waals surface area contributed by atoms with Gasteiger partial charge in [0.15, 0.2) is 0 Å². The fourth-order valence-electron chi connectivity index (χ4n) is 1.90. The van der Waals surface area contributed by atoms with Crippen molar-refractivity contribution in [2.24, 2.45) is 0 Å². The Morgan fingerprint density at radius 2 is 2.19 bits per heavy atom. The molecule has 0 saturated carbocycles. The van der Waals surface area contributed by atoms with Crippen LogP contribution in [0, 0.1) is 12.7 Å². The highest BCUT2D eigenvalue weighted by atomic mass is 32.2. The van der Waals surface area contributed by atoms with Gasteiger partial charge < -0.3 is 10.1 Å². The lowest BCUT2D eigenvalue weighted by Crippen LogP contribution is -2.26. The summed E-state index contributed by atoms with van der Waals surface area (Å²) < 4.78 is 40.4. The lowest BCUT2D eigenvalue weighted by Gasteiger charge is -2.10. The Morgan fingerprint density at radius 1 is 1.43 bits per heavy atom. The first-order valence-corrected chi connectivity index (χ1v) is 7.79. The van der Waals surface area contributed by atoms with E-state index in [1.807, 2.05) is 0 Å². The zero-order chi connectivity index (χ0) is 15.5. The van der Waals surface area contributed by atoms with Crippen LogP contribution in [0.2, 0.25) is 0 Å². The van der Waals surface area contributed by atoms with Crippen LogP contribution >= 0.6 is 0 Å². The van der Waals surface area contributed by atoms with Crippen LogP contribution in [0.5, 0.6) is 0 Å². The monoisotopic (exact) mass is 313 g/mol. The third kappa shape index (κ3) is 3.66. The second-order valence-corrected chi connectivity index (χ2v) is 6.36. The number of sulfonamides is 1. The first-order valence-electron chi connectivity index (χ1n) is 6.31. The Balaban J connectivity index is 2.13. The number of halogens is 1. The van der Waals surface area contributed by atoms with Gasteiger partial charge in [0.2, 0.25) is 10.0 Å². The van der Waals surface area contributed by atoms with Crippen molar-refractivity contribution in [3.05, 3.63) is 47.3 Å². The molecule has 2 rings (SSSR count). The number of aromatic nitrogens is 2. The molecule has 1 aromatic carbocycles. The van der Waals surface area contributed by atoms with Crippen molar-refractivity contribution in [3.8, 4) is 0 Å². The van der Waals surface area contributed by atoms with Gasteiger partial charge in [-0.3, -0.25) is 0 Å². The second-order valence-electron chi connectivity index (χ2n) is 4.60. The number of imidazole rings is 1. The first kappa shape index (κ1) is 15.6. The van der Waals surface area contributed by atoms with Gasteiger partial charge in [-0.15, -0.1) is 0 Å². The van der Waals surface area contributed by atoms with Gasteiger partial charge >= 0.3 is 0 Å². The number of aliphatic hydroxyl groups is 1. The number of hydrogen-bond donors (Lipinski definition) is 3. The lowest BCUT2D eigenvalue weighted by molar-refractivity contribution is 0.275. The van der Waals surface area contributed by atoms with E-state index < -0.39 is 22.4 Å². The van der Waals surface area contributed by atoms with Crippen molar-refractivity contribution in [2.45, 2.75) is 24.8 Å². The number of H-pyrrole nitrogens is 1. The molecule has 0 spiro atoms. The van der Waals surface area contributed by atoms with Crippen LogP contribution in [0.1, 0.15) is 16.8 Å². The van der Waals surface area contributed by atoms with Gasteiger partial charge in [-0.25, -0.2) is 22.5 Å². The molecule has 1 aromatic heterocycles. The van der Waals surface area contributed by atoms with Crippen molar-refractivity contribution in [1.29, 1.82) is 0 Å². The van der Waals surface area contributed by atoms with Crippen LogP contribution in [0.3, 0.4) is 0 Å². The Hall–Kier alpha value is -1.77. The van der Waals surface area contributed by atoms with E-state index in [4.69, 9.17) is 5.11 Å². The molecule has 8 heteroatoms. The molecule has 0 aliphatic heterocycles. The Bertz CT molecular complexity index is 715. The van der Waals surface area contributed by atoms with Crippen molar-refractivity contribution in [1.82, 2.24) is 14.7 Å². The zero-order valence-corrected chi connectivity index (χ0v) is 12.2. The maximum Gasteiger partial charge on any atom is 0.240 e. The SMILES string of the molecule is Cc1cc(S(=O)(=O)NCCc2cnc[nH]2)cc(CO)c1F. The van der Waals surface area contributed by atoms with Crippen molar-refractivity contribution >= 4 is 10.0 Å². The highest BCUT2D eigenvalue weighted by Crippen LogP contribution is 2.19. The number of aliphatic hydroxyl groups excluding tert-OH is 1. The average Bonchev–Trinajstić information content (AvgIpc) is 2.94. The average molecular weight is 313 g/mol. The third-order valence-electron chi connectivity index (χ3n) is 3.03. The van der Waals surface area contributed by atoms with E-state index >= 15 is 0 Å². The molecule has 6 nitrogen and oxygen atoms in total. The molecule has 3 N–H and O–H groups in total. The van der Waals surface area contributed by atoms with Crippen LogP contribution in [0.4, 0.5) is 4.39 Å². The van der Waals surface area contributed by atoms with E-state index in [2.05, 4.69) is 14.7 Å². The molecule has 0 aliphatic carbocycles. The van der Waals surface area contributed by atoms with Gasteiger partial charge in [-0.05, 0) is 24.6 Å². The van der Waals surface area contributed by atoms with Crippen LogP contribution in [-0.4, -0.2) is 30.0 Å². The van der Waals surface area contributed by atoms with E-state index in [0.717, 1.165) is 11.8 Å². The zero-order valence-electron chi connectivity index (χ0n) is 11.4. The summed E-state index contributed by atoms with van der Waals surface area (Å²) in [7, 11) is -3.75. The number of aryl methyl sites for hydroxylation is 1. The standard InChI is InChI=1S/C13H16FN3O3S/c1-9-4-12(5-10(7-18)13(9)14)21(19,20)17-3-2-11-6-15-8-16-11/h4-6,8,17-18H,2-3,7H2,1H3,(H,15,16). The molecule has 0 unspecified atom stereocenters. The number of benzene rings is 1. The van der Waals surface area contributed by atoms with Crippen molar-refractivity contribution in [3.63, 3.8) is 0 Å².